The second-order valence-corrected chi connectivity index (χ2v) is 9.23. The molecule has 174 valence electrons. The van der Waals surface area contributed by atoms with Crippen molar-refractivity contribution < 1.29 is 19.1 Å². The van der Waals surface area contributed by atoms with Gasteiger partial charge in [-0.1, -0.05) is 12.1 Å². The molecular formula is C24H29N5O4. The second-order valence-electron chi connectivity index (χ2n) is 9.23. The molecule has 1 aliphatic heterocycles. The van der Waals surface area contributed by atoms with Gasteiger partial charge in [0.2, 0.25) is 11.8 Å². The Labute approximate surface area is 192 Å². The molecule has 1 atom stereocenters. The number of primary amides is 1. The van der Waals surface area contributed by atoms with Gasteiger partial charge in [-0.05, 0) is 51.3 Å². The SMILES string of the molecule is COc1cc(C2CCCN(C(=O)OC(C)(C)C)C2)nc2c(-c3cccc(C(N)=O)c3)cnn12. The number of aromatic nitrogens is 3. The molecule has 1 aliphatic rings. The van der Waals surface area contributed by atoms with Crippen LogP contribution in [0.25, 0.3) is 16.8 Å². The normalized spacial score (nSPS) is 16.6. The summed E-state index contributed by atoms with van der Waals surface area (Å²) in [6, 6.07) is 8.93. The number of carbonyl (C=O) groups is 2. The average molecular weight is 452 g/mol. The zero-order chi connectivity index (χ0) is 23.8. The van der Waals surface area contributed by atoms with Crippen molar-refractivity contribution in [2.75, 3.05) is 20.2 Å². The topological polar surface area (TPSA) is 112 Å². The van der Waals surface area contributed by atoms with Gasteiger partial charge in [-0.2, -0.15) is 9.61 Å². The first kappa shape index (κ1) is 22.6. The van der Waals surface area contributed by atoms with Crippen LogP contribution in [-0.2, 0) is 4.74 Å². The zero-order valence-corrected chi connectivity index (χ0v) is 19.4. The first-order valence-corrected chi connectivity index (χ1v) is 11.0. The summed E-state index contributed by atoms with van der Waals surface area (Å²) < 4.78 is 12.8. The molecule has 1 fully saturated rings. The van der Waals surface area contributed by atoms with Gasteiger partial charge in [0.15, 0.2) is 5.65 Å². The summed E-state index contributed by atoms with van der Waals surface area (Å²) >= 11 is 0. The Morgan fingerprint density at radius 2 is 2.00 bits per heavy atom. The maximum atomic E-state index is 12.6. The van der Waals surface area contributed by atoms with Crippen molar-refractivity contribution in [2.24, 2.45) is 5.73 Å². The predicted molar refractivity (Wildman–Crippen MR) is 123 cm³/mol. The van der Waals surface area contributed by atoms with E-state index in [1.54, 1.807) is 40.9 Å². The van der Waals surface area contributed by atoms with Crippen LogP contribution in [0.5, 0.6) is 5.88 Å². The fraction of sp³-hybridized carbons (Fsp3) is 0.417. The molecule has 0 saturated carbocycles. The maximum absolute atomic E-state index is 12.6. The molecule has 0 aliphatic carbocycles. The summed E-state index contributed by atoms with van der Waals surface area (Å²) in [5, 5.41) is 4.44. The van der Waals surface area contributed by atoms with E-state index < -0.39 is 11.5 Å². The van der Waals surface area contributed by atoms with E-state index >= 15 is 0 Å². The van der Waals surface area contributed by atoms with Crippen molar-refractivity contribution in [1.82, 2.24) is 19.5 Å². The van der Waals surface area contributed by atoms with Gasteiger partial charge in [-0.15, -0.1) is 0 Å². The van der Waals surface area contributed by atoms with E-state index in [1.165, 1.54) is 0 Å². The lowest BCUT2D eigenvalue weighted by Crippen LogP contribution is -2.42. The number of hydrogen-bond donors (Lipinski definition) is 1. The van der Waals surface area contributed by atoms with Crippen LogP contribution in [0.4, 0.5) is 4.79 Å². The molecule has 2 N–H and O–H groups in total. The van der Waals surface area contributed by atoms with E-state index in [0.29, 0.717) is 30.2 Å². The number of hydrogen-bond acceptors (Lipinski definition) is 6. The number of carbonyl (C=O) groups excluding carboxylic acids is 2. The molecule has 0 radical (unpaired) electrons. The number of fused-ring (bicyclic) bond motifs is 1. The fourth-order valence-corrected chi connectivity index (χ4v) is 4.06. The molecule has 3 heterocycles. The van der Waals surface area contributed by atoms with Crippen molar-refractivity contribution in [2.45, 2.75) is 45.1 Å². The smallest absolute Gasteiger partial charge is 0.410 e. The Bertz CT molecular complexity index is 1200. The highest BCUT2D eigenvalue weighted by molar-refractivity contribution is 5.94. The first-order valence-electron chi connectivity index (χ1n) is 11.0. The maximum Gasteiger partial charge on any atom is 0.410 e. The molecule has 3 aromatic rings. The minimum atomic E-state index is -0.545. The van der Waals surface area contributed by atoms with E-state index in [0.717, 1.165) is 29.7 Å². The largest absolute Gasteiger partial charge is 0.481 e. The molecule has 9 heteroatoms. The number of likely N-dealkylation sites (tertiary alicyclic amines) is 1. The van der Waals surface area contributed by atoms with Gasteiger partial charge in [0, 0.05) is 36.2 Å². The van der Waals surface area contributed by atoms with Crippen LogP contribution in [0.15, 0.2) is 36.5 Å². The van der Waals surface area contributed by atoms with E-state index in [-0.39, 0.29) is 12.0 Å². The van der Waals surface area contributed by atoms with E-state index in [1.807, 2.05) is 32.9 Å². The summed E-state index contributed by atoms with van der Waals surface area (Å²) in [4.78, 5) is 30.9. The Morgan fingerprint density at radius 3 is 2.70 bits per heavy atom. The third-order valence-electron chi connectivity index (χ3n) is 5.62. The van der Waals surface area contributed by atoms with Gasteiger partial charge < -0.3 is 20.1 Å². The lowest BCUT2D eigenvalue weighted by atomic mass is 9.94. The van der Waals surface area contributed by atoms with Gasteiger partial charge >= 0.3 is 6.09 Å². The zero-order valence-electron chi connectivity index (χ0n) is 19.4. The minimum Gasteiger partial charge on any atom is -0.481 e. The van der Waals surface area contributed by atoms with Crippen LogP contribution in [0.1, 0.15) is 55.6 Å². The van der Waals surface area contributed by atoms with Crippen molar-refractivity contribution in [3.63, 3.8) is 0 Å². The molecule has 1 unspecified atom stereocenters. The highest BCUT2D eigenvalue weighted by Crippen LogP contribution is 2.32. The molecule has 4 rings (SSSR count). The van der Waals surface area contributed by atoms with Crippen LogP contribution in [0.3, 0.4) is 0 Å². The molecule has 2 aromatic heterocycles. The van der Waals surface area contributed by atoms with Crippen LogP contribution in [0.2, 0.25) is 0 Å². The van der Waals surface area contributed by atoms with Gasteiger partial charge in [-0.25, -0.2) is 9.78 Å². The lowest BCUT2D eigenvalue weighted by Gasteiger charge is -2.34. The number of piperidine rings is 1. The summed E-state index contributed by atoms with van der Waals surface area (Å²) in [5.74, 6) is 0.0792. The summed E-state index contributed by atoms with van der Waals surface area (Å²) in [6.07, 6.45) is 3.13. The van der Waals surface area contributed by atoms with Gasteiger partial charge in [0.1, 0.15) is 5.60 Å². The quantitative estimate of drug-likeness (QED) is 0.648. The van der Waals surface area contributed by atoms with Crippen molar-refractivity contribution in [3.8, 4) is 17.0 Å². The number of nitrogens with zero attached hydrogens (tertiary/aromatic N) is 4. The molecule has 0 bridgehead atoms. The van der Waals surface area contributed by atoms with Crippen LogP contribution in [-0.4, -0.2) is 57.3 Å². The molecule has 0 spiro atoms. The highest BCUT2D eigenvalue weighted by Gasteiger charge is 2.30. The number of nitrogens with two attached hydrogens (primary N) is 1. The Hall–Kier alpha value is -3.62. The lowest BCUT2D eigenvalue weighted by molar-refractivity contribution is 0.0197. The monoisotopic (exact) mass is 451 g/mol. The fourth-order valence-electron chi connectivity index (χ4n) is 4.06. The standard InChI is InChI=1S/C24H29N5O4/c1-24(2,3)33-23(31)28-10-6-9-17(14-28)19-12-20(32-4)29-22(27-19)18(13-26-29)15-7-5-8-16(11-15)21(25)30/h5,7-8,11-13,17H,6,9-10,14H2,1-4H3,(H2,25,30). The number of methoxy groups -OCH3 is 1. The number of ether oxygens (including phenoxy) is 2. The van der Waals surface area contributed by atoms with Gasteiger partial charge in [0.25, 0.3) is 0 Å². The van der Waals surface area contributed by atoms with Crippen LogP contribution < -0.4 is 10.5 Å². The Morgan fingerprint density at radius 1 is 1.21 bits per heavy atom. The van der Waals surface area contributed by atoms with Gasteiger partial charge in [-0.3, -0.25) is 4.79 Å². The van der Waals surface area contributed by atoms with Crippen molar-refractivity contribution in [3.05, 3.63) is 47.8 Å². The third kappa shape index (κ3) is 4.76. The van der Waals surface area contributed by atoms with Crippen molar-refractivity contribution in [1.29, 1.82) is 0 Å². The average Bonchev–Trinajstić information content (AvgIpc) is 3.21. The highest BCUT2D eigenvalue weighted by atomic mass is 16.6. The number of benzene rings is 1. The predicted octanol–water partition coefficient (Wildman–Crippen LogP) is 3.62. The van der Waals surface area contributed by atoms with Crippen LogP contribution >= 0.6 is 0 Å². The molecule has 9 nitrogen and oxygen atoms in total. The van der Waals surface area contributed by atoms with Crippen molar-refractivity contribution >= 4 is 17.6 Å². The van der Waals surface area contributed by atoms with Gasteiger partial charge in [0.05, 0.1) is 19.0 Å². The first-order chi connectivity index (χ1) is 15.7. The molecular weight excluding hydrogens is 422 g/mol. The third-order valence-corrected chi connectivity index (χ3v) is 5.62. The second kappa shape index (κ2) is 8.73. The molecule has 1 saturated heterocycles. The number of amides is 2. The number of rotatable bonds is 4. The molecule has 1 aromatic carbocycles. The van der Waals surface area contributed by atoms with E-state index in [2.05, 4.69) is 5.10 Å². The van der Waals surface area contributed by atoms with E-state index in [9.17, 15) is 9.59 Å². The summed E-state index contributed by atoms with van der Waals surface area (Å²) in [5.41, 5.74) is 8.30. The molecule has 33 heavy (non-hydrogen) atoms. The van der Waals surface area contributed by atoms with Crippen LogP contribution in [0, 0.1) is 0 Å². The van der Waals surface area contributed by atoms with E-state index in [4.69, 9.17) is 20.2 Å². The summed E-state index contributed by atoms with van der Waals surface area (Å²) in [7, 11) is 1.58. The minimum absolute atomic E-state index is 0.0323. The Balaban J connectivity index is 1.70. The molecule has 2 amide bonds. The summed E-state index contributed by atoms with van der Waals surface area (Å²) in [6.45, 7) is 6.76. The Kier molecular flexibility index (Phi) is 5.97.